The van der Waals surface area contributed by atoms with Crippen LogP contribution in [0.15, 0.2) is 48.5 Å². The highest BCUT2D eigenvalue weighted by molar-refractivity contribution is 7.80. The van der Waals surface area contributed by atoms with Crippen molar-refractivity contribution < 1.29 is 23.8 Å². The van der Waals surface area contributed by atoms with Crippen molar-refractivity contribution >= 4 is 34.8 Å². The van der Waals surface area contributed by atoms with Gasteiger partial charge >= 0.3 is 0 Å². The van der Waals surface area contributed by atoms with Crippen LogP contribution in [0.2, 0.25) is 0 Å². The molecule has 0 radical (unpaired) electrons. The fraction of sp³-hybridized carbons (Fsp3) is 0.348. The molecule has 1 fully saturated rings. The summed E-state index contributed by atoms with van der Waals surface area (Å²) < 4.78 is 16.1. The molecule has 8 nitrogen and oxygen atoms in total. The number of para-hydroxylation sites is 2. The minimum Gasteiger partial charge on any atom is -0.490 e. The van der Waals surface area contributed by atoms with Crippen molar-refractivity contribution in [2.75, 3.05) is 38.8 Å². The van der Waals surface area contributed by atoms with E-state index in [2.05, 4.69) is 16.0 Å². The van der Waals surface area contributed by atoms with Crippen LogP contribution in [0.1, 0.15) is 33.6 Å². The Morgan fingerprint density at radius 2 is 1.81 bits per heavy atom. The highest BCUT2D eigenvalue weighted by atomic mass is 32.1. The van der Waals surface area contributed by atoms with E-state index in [4.69, 9.17) is 26.4 Å². The molecule has 0 bridgehead atoms. The van der Waals surface area contributed by atoms with E-state index in [0.29, 0.717) is 42.3 Å². The molecule has 32 heavy (non-hydrogen) atoms. The Bertz CT molecular complexity index is 947. The summed E-state index contributed by atoms with van der Waals surface area (Å²) in [4.78, 5) is 25.4. The van der Waals surface area contributed by atoms with Gasteiger partial charge in [0.25, 0.3) is 11.8 Å². The van der Waals surface area contributed by atoms with Crippen LogP contribution in [0.25, 0.3) is 0 Å². The molecular weight excluding hydrogens is 430 g/mol. The lowest BCUT2D eigenvalue weighted by Gasteiger charge is -2.16. The monoisotopic (exact) mass is 457 g/mol. The Labute approximate surface area is 192 Å². The van der Waals surface area contributed by atoms with Gasteiger partial charge < -0.3 is 24.8 Å². The van der Waals surface area contributed by atoms with Crippen molar-refractivity contribution in [2.24, 2.45) is 0 Å². The summed E-state index contributed by atoms with van der Waals surface area (Å²) in [5.74, 6) is -0.232. The topological polar surface area (TPSA) is 97.9 Å². The maximum absolute atomic E-state index is 12.7. The fourth-order valence-electron chi connectivity index (χ4n) is 3.24. The molecule has 1 heterocycles. The summed E-state index contributed by atoms with van der Waals surface area (Å²) >= 11 is 5.30. The lowest BCUT2D eigenvalue weighted by molar-refractivity contribution is 0.0858. The van der Waals surface area contributed by atoms with E-state index in [9.17, 15) is 9.59 Å². The van der Waals surface area contributed by atoms with Gasteiger partial charge in [0.1, 0.15) is 12.4 Å². The summed E-state index contributed by atoms with van der Waals surface area (Å²) in [6.45, 7) is 1.90. The van der Waals surface area contributed by atoms with E-state index in [1.165, 1.54) is 0 Å². The third-order valence-electron chi connectivity index (χ3n) is 4.84. The van der Waals surface area contributed by atoms with E-state index in [0.717, 1.165) is 19.4 Å². The fourth-order valence-corrected chi connectivity index (χ4v) is 3.44. The Hall–Kier alpha value is -3.01. The molecule has 2 aromatic rings. The number of thiocarbonyl (C=S) groups is 1. The van der Waals surface area contributed by atoms with E-state index < -0.39 is 5.91 Å². The van der Waals surface area contributed by atoms with Crippen LogP contribution >= 0.6 is 12.2 Å². The van der Waals surface area contributed by atoms with E-state index >= 15 is 0 Å². The molecular formula is C23H27N3O5S. The Morgan fingerprint density at radius 3 is 2.56 bits per heavy atom. The largest absolute Gasteiger partial charge is 0.490 e. The molecule has 2 aromatic carbocycles. The number of methoxy groups -OCH3 is 1. The summed E-state index contributed by atoms with van der Waals surface area (Å²) in [5, 5.41) is 8.54. The van der Waals surface area contributed by atoms with Gasteiger partial charge in [-0.1, -0.05) is 24.3 Å². The van der Waals surface area contributed by atoms with Gasteiger partial charge in [-0.05, 0) is 49.3 Å². The minimum atomic E-state index is -0.421. The number of amides is 2. The van der Waals surface area contributed by atoms with Gasteiger partial charge in [0.05, 0.1) is 29.5 Å². The first-order valence-electron chi connectivity index (χ1n) is 10.4. The molecule has 0 aromatic heterocycles. The standard InChI is InChI=1S/C23H27N3O5S/c1-29-13-14-31-20-11-5-3-9-18(20)22(28)26-23(32)25-19-10-4-2-8-17(19)21(27)24-15-16-7-6-12-30-16/h2-5,8-11,16H,6-7,12-15H2,1H3,(H,24,27)(H2,25,26,28,32). The predicted molar refractivity (Wildman–Crippen MR) is 125 cm³/mol. The third kappa shape index (κ3) is 6.74. The Balaban J connectivity index is 1.60. The highest BCUT2D eigenvalue weighted by Gasteiger charge is 2.19. The van der Waals surface area contributed by atoms with E-state index in [-0.39, 0.29) is 17.1 Å². The second kappa shape index (κ2) is 12.1. The first-order valence-corrected chi connectivity index (χ1v) is 10.8. The van der Waals surface area contributed by atoms with Crippen molar-refractivity contribution in [3.63, 3.8) is 0 Å². The molecule has 3 rings (SSSR count). The molecule has 170 valence electrons. The molecule has 1 aliphatic rings. The van der Waals surface area contributed by atoms with Gasteiger partial charge in [0.15, 0.2) is 5.11 Å². The molecule has 3 N–H and O–H groups in total. The van der Waals surface area contributed by atoms with E-state index in [1.807, 2.05) is 0 Å². The van der Waals surface area contributed by atoms with Crippen molar-refractivity contribution in [2.45, 2.75) is 18.9 Å². The zero-order chi connectivity index (χ0) is 22.8. The van der Waals surface area contributed by atoms with Crippen LogP contribution in [0.3, 0.4) is 0 Å². The molecule has 1 atom stereocenters. The number of hydrogen-bond acceptors (Lipinski definition) is 6. The zero-order valence-corrected chi connectivity index (χ0v) is 18.7. The number of anilines is 1. The van der Waals surface area contributed by atoms with E-state index in [1.54, 1.807) is 55.6 Å². The average Bonchev–Trinajstić information content (AvgIpc) is 3.32. The molecule has 0 saturated carbocycles. The van der Waals surface area contributed by atoms with Crippen molar-refractivity contribution in [1.29, 1.82) is 0 Å². The summed E-state index contributed by atoms with van der Waals surface area (Å²) in [5.41, 5.74) is 1.26. The third-order valence-corrected chi connectivity index (χ3v) is 5.04. The maximum Gasteiger partial charge on any atom is 0.261 e. The van der Waals surface area contributed by atoms with Gasteiger partial charge in [-0.3, -0.25) is 14.9 Å². The number of nitrogens with one attached hydrogen (secondary N) is 3. The molecule has 1 unspecified atom stereocenters. The molecule has 9 heteroatoms. The van der Waals surface area contributed by atoms with Gasteiger partial charge in [0.2, 0.25) is 0 Å². The number of benzene rings is 2. The molecule has 1 saturated heterocycles. The first kappa shape index (κ1) is 23.6. The van der Waals surface area contributed by atoms with Gasteiger partial charge in [0, 0.05) is 20.3 Å². The number of rotatable bonds is 9. The first-order chi connectivity index (χ1) is 15.6. The Kier molecular flexibility index (Phi) is 8.97. The van der Waals surface area contributed by atoms with Crippen molar-refractivity contribution in [3.05, 3.63) is 59.7 Å². The number of carbonyl (C=O) groups is 2. The van der Waals surface area contributed by atoms with Crippen LogP contribution in [-0.2, 0) is 9.47 Å². The van der Waals surface area contributed by atoms with Crippen molar-refractivity contribution in [1.82, 2.24) is 10.6 Å². The van der Waals surface area contributed by atoms with Gasteiger partial charge in [-0.25, -0.2) is 0 Å². The second-order valence-electron chi connectivity index (χ2n) is 7.14. The summed E-state index contributed by atoms with van der Waals surface area (Å²) in [7, 11) is 1.58. The maximum atomic E-state index is 12.7. The molecule has 2 amide bonds. The van der Waals surface area contributed by atoms with Crippen LogP contribution in [0.4, 0.5) is 5.69 Å². The lowest BCUT2D eigenvalue weighted by Crippen LogP contribution is -2.36. The van der Waals surface area contributed by atoms with Crippen LogP contribution in [0.5, 0.6) is 5.75 Å². The lowest BCUT2D eigenvalue weighted by atomic mass is 10.1. The van der Waals surface area contributed by atoms with Crippen LogP contribution < -0.4 is 20.7 Å². The zero-order valence-electron chi connectivity index (χ0n) is 17.9. The van der Waals surface area contributed by atoms with Crippen molar-refractivity contribution in [3.8, 4) is 5.75 Å². The average molecular weight is 458 g/mol. The Morgan fingerprint density at radius 1 is 1.06 bits per heavy atom. The molecule has 0 aliphatic carbocycles. The normalized spacial score (nSPS) is 15.1. The number of carbonyl (C=O) groups excluding carboxylic acids is 2. The quantitative estimate of drug-likeness (QED) is 0.393. The highest BCUT2D eigenvalue weighted by Crippen LogP contribution is 2.19. The van der Waals surface area contributed by atoms with Crippen LogP contribution in [-0.4, -0.2) is 56.5 Å². The number of ether oxygens (including phenoxy) is 3. The smallest absolute Gasteiger partial charge is 0.261 e. The SMILES string of the molecule is COCCOc1ccccc1C(=O)NC(=S)Nc1ccccc1C(=O)NCC1CCCO1. The number of hydrogen-bond donors (Lipinski definition) is 3. The summed E-state index contributed by atoms with van der Waals surface area (Å²) in [6.07, 6.45) is 1.99. The minimum absolute atomic E-state index is 0.0469. The van der Waals surface area contributed by atoms with Gasteiger partial charge in [-0.2, -0.15) is 0 Å². The van der Waals surface area contributed by atoms with Crippen LogP contribution in [0, 0.1) is 0 Å². The predicted octanol–water partition coefficient (Wildman–Crippen LogP) is 2.75. The molecule has 0 spiro atoms. The molecule has 1 aliphatic heterocycles. The van der Waals surface area contributed by atoms with Gasteiger partial charge in [-0.15, -0.1) is 0 Å². The second-order valence-corrected chi connectivity index (χ2v) is 7.54. The summed E-state index contributed by atoms with van der Waals surface area (Å²) in [6, 6.07) is 13.8.